The first kappa shape index (κ1) is 17.5. The fraction of sp³-hybridized carbons (Fsp3) is 0.0476. The monoisotopic (exact) mass is 425 g/mol. The van der Waals surface area contributed by atoms with Crippen LogP contribution in [0.3, 0.4) is 0 Å². The van der Waals surface area contributed by atoms with Crippen molar-refractivity contribution in [1.29, 1.82) is 0 Å². The molecule has 0 bridgehead atoms. The number of halogens is 2. The highest BCUT2D eigenvalue weighted by molar-refractivity contribution is 7.17. The summed E-state index contributed by atoms with van der Waals surface area (Å²) in [6, 6.07) is 12.9. The lowest BCUT2D eigenvalue weighted by Crippen LogP contribution is -2.04. The SMILES string of the molecule is Cc1cn2c(/C=C3/C(=O)Nc4ccc(Cl)cc43)c(-c3ccc(Cl)cc3)nc2s1. The standard InChI is InChI=1S/C21H13Cl2N3OS/c1-11-10-26-18(9-16-15-8-14(23)6-7-17(15)24-20(16)27)19(25-21(26)28-11)12-2-4-13(22)5-3-12/h2-10H,1H3,(H,24,27)/b16-9+. The minimum Gasteiger partial charge on any atom is -0.321 e. The number of carbonyl (C=O) groups is 1. The molecular formula is C21H13Cl2N3OS. The third-order valence-corrected chi connectivity index (χ3v) is 6.03. The number of aryl methyl sites for hydroxylation is 1. The Labute approximate surface area is 175 Å². The highest BCUT2D eigenvalue weighted by atomic mass is 35.5. The van der Waals surface area contributed by atoms with Crippen molar-refractivity contribution >= 4 is 62.7 Å². The summed E-state index contributed by atoms with van der Waals surface area (Å²) in [6.07, 6.45) is 3.91. The van der Waals surface area contributed by atoms with E-state index < -0.39 is 0 Å². The van der Waals surface area contributed by atoms with Crippen LogP contribution in [0.4, 0.5) is 5.69 Å². The normalized spacial score (nSPS) is 14.7. The van der Waals surface area contributed by atoms with Gasteiger partial charge in [0.1, 0.15) is 0 Å². The average molecular weight is 426 g/mol. The van der Waals surface area contributed by atoms with Gasteiger partial charge in [0, 0.05) is 37.9 Å². The molecule has 28 heavy (non-hydrogen) atoms. The molecule has 1 N–H and O–H groups in total. The van der Waals surface area contributed by atoms with Crippen LogP contribution in [0.2, 0.25) is 10.0 Å². The number of thiazole rings is 1. The van der Waals surface area contributed by atoms with E-state index in [0.717, 1.165) is 38.0 Å². The lowest BCUT2D eigenvalue weighted by molar-refractivity contribution is -0.110. The minimum absolute atomic E-state index is 0.152. The molecule has 7 heteroatoms. The summed E-state index contributed by atoms with van der Waals surface area (Å²) in [5, 5.41) is 4.15. The van der Waals surface area contributed by atoms with Gasteiger partial charge in [0.15, 0.2) is 4.96 Å². The van der Waals surface area contributed by atoms with Crippen LogP contribution in [0, 0.1) is 6.92 Å². The number of carbonyl (C=O) groups excluding carboxylic acids is 1. The number of hydrogen-bond acceptors (Lipinski definition) is 3. The van der Waals surface area contributed by atoms with Crippen molar-refractivity contribution in [2.75, 3.05) is 5.32 Å². The Hall–Kier alpha value is -2.60. The summed E-state index contributed by atoms with van der Waals surface area (Å²) in [4.78, 5) is 19.5. The molecule has 0 atom stereocenters. The van der Waals surface area contributed by atoms with Crippen molar-refractivity contribution in [3.05, 3.63) is 74.8 Å². The van der Waals surface area contributed by atoms with E-state index in [0.29, 0.717) is 15.6 Å². The highest BCUT2D eigenvalue weighted by Crippen LogP contribution is 2.37. The van der Waals surface area contributed by atoms with Gasteiger partial charge in [-0.1, -0.05) is 35.3 Å². The second kappa shape index (κ2) is 6.48. The molecule has 138 valence electrons. The van der Waals surface area contributed by atoms with Crippen LogP contribution in [-0.4, -0.2) is 15.3 Å². The number of rotatable bonds is 2. The van der Waals surface area contributed by atoms with Gasteiger partial charge in [0.2, 0.25) is 0 Å². The van der Waals surface area contributed by atoms with E-state index in [-0.39, 0.29) is 5.91 Å². The lowest BCUT2D eigenvalue weighted by Gasteiger charge is -2.03. The number of fused-ring (bicyclic) bond motifs is 2. The summed E-state index contributed by atoms with van der Waals surface area (Å²) in [7, 11) is 0. The Morgan fingerprint density at radius 1 is 1.11 bits per heavy atom. The van der Waals surface area contributed by atoms with Crippen molar-refractivity contribution < 1.29 is 4.79 Å². The van der Waals surface area contributed by atoms with Gasteiger partial charge < -0.3 is 5.32 Å². The summed E-state index contributed by atoms with van der Waals surface area (Å²) in [5.74, 6) is -0.152. The van der Waals surface area contributed by atoms with E-state index >= 15 is 0 Å². The Balaban J connectivity index is 1.76. The first-order valence-electron chi connectivity index (χ1n) is 8.57. The number of imidazole rings is 1. The van der Waals surface area contributed by atoms with Crippen LogP contribution >= 0.6 is 34.5 Å². The average Bonchev–Trinajstić information content (AvgIpc) is 3.28. The van der Waals surface area contributed by atoms with Gasteiger partial charge in [0.05, 0.1) is 17.0 Å². The quantitative estimate of drug-likeness (QED) is 0.390. The Morgan fingerprint density at radius 2 is 1.86 bits per heavy atom. The second-order valence-electron chi connectivity index (χ2n) is 6.55. The van der Waals surface area contributed by atoms with Crippen molar-refractivity contribution in [2.45, 2.75) is 6.92 Å². The predicted octanol–water partition coefficient (Wildman–Crippen LogP) is 6.17. The minimum atomic E-state index is -0.152. The van der Waals surface area contributed by atoms with Crippen LogP contribution in [0.15, 0.2) is 48.7 Å². The number of nitrogens with one attached hydrogen (secondary N) is 1. The fourth-order valence-corrected chi connectivity index (χ4v) is 4.50. The van der Waals surface area contributed by atoms with Crippen molar-refractivity contribution in [3.63, 3.8) is 0 Å². The number of hydrogen-bond donors (Lipinski definition) is 1. The van der Waals surface area contributed by atoms with Crippen LogP contribution in [0.1, 0.15) is 16.1 Å². The molecule has 0 radical (unpaired) electrons. The molecule has 1 aliphatic rings. The molecule has 3 heterocycles. The van der Waals surface area contributed by atoms with Gasteiger partial charge in [-0.25, -0.2) is 4.98 Å². The zero-order valence-corrected chi connectivity index (χ0v) is 17.0. The number of nitrogens with zero attached hydrogens (tertiary/aromatic N) is 2. The largest absolute Gasteiger partial charge is 0.321 e. The molecule has 2 aromatic carbocycles. The molecule has 0 unspecified atom stereocenters. The van der Waals surface area contributed by atoms with Crippen molar-refractivity contribution in [2.24, 2.45) is 0 Å². The molecule has 4 aromatic rings. The highest BCUT2D eigenvalue weighted by Gasteiger charge is 2.26. The Morgan fingerprint density at radius 3 is 2.64 bits per heavy atom. The molecular weight excluding hydrogens is 413 g/mol. The van der Waals surface area contributed by atoms with E-state index in [1.165, 1.54) is 0 Å². The summed E-state index contributed by atoms with van der Waals surface area (Å²) in [5.41, 5.74) is 4.71. The van der Waals surface area contributed by atoms with Gasteiger partial charge >= 0.3 is 0 Å². The van der Waals surface area contributed by atoms with E-state index in [9.17, 15) is 4.79 Å². The molecule has 0 spiro atoms. The van der Waals surface area contributed by atoms with Gasteiger partial charge in [-0.05, 0) is 43.3 Å². The Bertz CT molecular complexity index is 1290. The van der Waals surface area contributed by atoms with Crippen LogP contribution < -0.4 is 5.32 Å². The molecule has 0 fully saturated rings. The molecule has 0 aliphatic carbocycles. The molecule has 4 nitrogen and oxygen atoms in total. The summed E-state index contributed by atoms with van der Waals surface area (Å²) >= 11 is 13.8. The molecule has 2 aromatic heterocycles. The number of anilines is 1. The molecule has 0 saturated carbocycles. The maximum Gasteiger partial charge on any atom is 0.256 e. The third kappa shape index (κ3) is 2.83. The molecule has 0 saturated heterocycles. The van der Waals surface area contributed by atoms with E-state index in [4.69, 9.17) is 28.2 Å². The predicted molar refractivity (Wildman–Crippen MR) is 116 cm³/mol. The van der Waals surface area contributed by atoms with Gasteiger partial charge in [-0.3, -0.25) is 9.20 Å². The van der Waals surface area contributed by atoms with Crippen LogP contribution in [-0.2, 0) is 4.79 Å². The molecule has 1 amide bonds. The first-order chi connectivity index (χ1) is 13.5. The molecule has 5 rings (SSSR count). The summed E-state index contributed by atoms with van der Waals surface area (Å²) in [6.45, 7) is 2.04. The van der Waals surface area contributed by atoms with E-state index in [1.54, 1.807) is 23.5 Å². The maximum atomic E-state index is 12.6. The van der Waals surface area contributed by atoms with Crippen LogP contribution in [0.25, 0.3) is 27.9 Å². The van der Waals surface area contributed by atoms with Crippen molar-refractivity contribution in [1.82, 2.24) is 9.38 Å². The van der Waals surface area contributed by atoms with Gasteiger partial charge in [-0.2, -0.15) is 0 Å². The zero-order valence-electron chi connectivity index (χ0n) is 14.7. The molecule has 1 aliphatic heterocycles. The first-order valence-corrected chi connectivity index (χ1v) is 10.1. The number of benzene rings is 2. The second-order valence-corrected chi connectivity index (χ2v) is 8.64. The van der Waals surface area contributed by atoms with Crippen molar-refractivity contribution in [3.8, 4) is 11.3 Å². The lowest BCUT2D eigenvalue weighted by atomic mass is 10.0. The smallest absolute Gasteiger partial charge is 0.256 e. The maximum absolute atomic E-state index is 12.6. The third-order valence-electron chi connectivity index (χ3n) is 4.64. The van der Waals surface area contributed by atoms with Crippen LogP contribution in [0.5, 0.6) is 0 Å². The topological polar surface area (TPSA) is 46.4 Å². The van der Waals surface area contributed by atoms with E-state index in [2.05, 4.69) is 5.32 Å². The number of aromatic nitrogens is 2. The van der Waals surface area contributed by atoms with Gasteiger partial charge in [-0.15, -0.1) is 11.3 Å². The zero-order chi connectivity index (χ0) is 19.4. The van der Waals surface area contributed by atoms with E-state index in [1.807, 2.05) is 53.9 Å². The number of amides is 1. The summed E-state index contributed by atoms with van der Waals surface area (Å²) < 4.78 is 2.02. The fourth-order valence-electron chi connectivity index (χ4n) is 3.37. The van der Waals surface area contributed by atoms with Gasteiger partial charge in [0.25, 0.3) is 5.91 Å². The Kier molecular flexibility index (Phi) is 4.05.